The van der Waals surface area contributed by atoms with Crippen LogP contribution in [0.5, 0.6) is 0 Å². The fraction of sp³-hybridized carbons (Fsp3) is 0. The summed E-state index contributed by atoms with van der Waals surface area (Å²) in [4.78, 5) is 12.2. The Morgan fingerprint density at radius 1 is 0.710 bits per heavy atom. The number of halogens is 1. The Bertz CT molecular complexity index is 1330. The Labute approximate surface area is 184 Å². The Kier molecular flexibility index (Phi) is 5.79. The Hall–Kier alpha value is -3.55. The van der Waals surface area contributed by atoms with Crippen LogP contribution in [0.25, 0.3) is 10.8 Å². The van der Waals surface area contributed by atoms with Crippen molar-refractivity contribution in [1.29, 1.82) is 0 Å². The summed E-state index contributed by atoms with van der Waals surface area (Å²) >= 11 is 5.83. The summed E-state index contributed by atoms with van der Waals surface area (Å²) < 4.78 is 28.3. The number of nitrogens with one attached hydrogen (secondary N) is 3. The quantitative estimate of drug-likeness (QED) is 0.351. The molecule has 156 valence electrons. The average molecular weight is 452 g/mol. The molecule has 0 spiro atoms. The molecule has 0 aliphatic rings. The van der Waals surface area contributed by atoms with Gasteiger partial charge in [0.05, 0.1) is 10.6 Å². The molecule has 0 unspecified atom stereocenters. The van der Waals surface area contributed by atoms with E-state index in [2.05, 4.69) is 15.4 Å². The van der Waals surface area contributed by atoms with Gasteiger partial charge in [0.15, 0.2) is 0 Å². The average Bonchev–Trinajstić information content (AvgIpc) is 2.76. The first-order valence-electron chi connectivity index (χ1n) is 9.35. The summed E-state index contributed by atoms with van der Waals surface area (Å²) in [6.45, 7) is 0. The van der Waals surface area contributed by atoms with Crippen LogP contribution in [0, 0.1) is 0 Å². The molecule has 4 rings (SSSR count). The van der Waals surface area contributed by atoms with Crippen LogP contribution < -0.4 is 15.4 Å². The van der Waals surface area contributed by atoms with Crippen LogP contribution in [0.2, 0.25) is 5.02 Å². The molecule has 4 aromatic rings. The molecule has 4 aromatic carbocycles. The molecule has 6 nitrogen and oxygen atoms in total. The highest BCUT2D eigenvalue weighted by molar-refractivity contribution is 7.92. The van der Waals surface area contributed by atoms with E-state index in [1.807, 2.05) is 30.3 Å². The molecular formula is C23H18ClN3O3S. The zero-order chi connectivity index (χ0) is 21.8. The number of amides is 2. The molecule has 0 heterocycles. The van der Waals surface area contributed by atoms with Gasteiger partial charge in [-0.15, -0.1) is 0 Å². The van der Waals surface area contributed by atoms with Crippen molar-refractivity contribution in [2.75, 3.05) is 15.4 Å². The molecule has 0 aliphatic carbocycles. The standard InChI is InChI=1S/C23H18ClN3O3S/c24-17-8-10-18(11-9-17)25-23(28)26-19-12-14-20(15-13-19)31(29,30)27-22-7-3-5-16-4-1-2-6-21(16)22/h1-15,27H,(H2,25,26,28). The van der Waals surface area contributed by atoms with Gasteiger partial charge in [-0.25, -0.2) is 13.2 Å². The topological polar surface area (TPSA) is 87.3 Å². The lowest BCUT2D eigenvalue weighted by molar-refractivity contribution is 0.262. The first-order valence-corrected chi connectivity index (χ1v) is 11.2. The van der Waals surface area contributed by atoms with E-state index < -0.39 is 16.1 Å². The van der Waals surface area contributed by atoms with Crippen LogP contribution in [0.3, 0.4) is 0 Å². The minimum atomic E-state index is -3.79. The second-order valence-electron chi connectivity index (χ2n) is 6.74. The molecule has 0 fully saturated rings. The van der Waals surface area contributed by atoms with Gasteiger partial charge in [-0.1, -0.05) is 48.0 Å². The zero-order valence-electron chi connectivity index (χ0n) is 16.2. The predicted molar refractivity (Wildman–Crippen MR) is 125 cm³/mol. The minimum Gasteiger partial charge on any atom is -0.308 e. The summed E-state index contributed by atoms with van der Waals surface area (Å²) in [7, 11) is -3.79. The number of hydrogen-bond donors (Lipinski definition) is 3. The van der Waals surface area contributed by atoms with E-state index >= 15 is 0 Å². The van der Waals surface area contributed by atoms with Crippen molar-refractivity contribution in [2.24, 2.45) is 0 Å². The Morgan fingerprint density at radius 2 is 1.29 bits per heavy atom. The second kappa shape index (κ2) is 8.67. The van der Waals surface area contributed by atoms with Crippen molar-refractivity contribution in [3.8, 4) is 0 Å². The van der Waals surface area contributed by atoms with Gasteiger partial charge in [0.2, 0.25) is 0 Å². The van der Waals surface area contributed by atoms with Crippen LogP contribution in [0.1, 0.15) is 0 Å². The summed E-state index contributed by atoms with van der Waals surface area (Å²) in [5, 5.41) is 7.65. The fourth-order valence-corrected chi connectivity index (χ4v) is 4.27. The Balaban J connectivity index is 1.46. The molecular weight excluding hydrogens is 434 g/mol. The van der Waals surface area contributed by atoms with E-state index in [9.17, 15) is 13.2 Å². The highest BCUT2D eigenvalue weighted by Crippen LogP contribution is 2.26. The minimum absolute atomic E-state index is 0.0871. The number of carbonyl (C=O) groups is 1. The van der Waals surface area contributed by atoms with Crippen molar-refractivity contribution in [3.05, 3.63) is 96.0 Å². The second-order valence-corrected chi connectivity index (χ2v) is 8.86. The lowest BCUT2D eigenvalue weighted by Crippen LogP contribution is -2.19. The Morgan fingerprint density at radius 3 is 1.97 bits per heavy atom. The number of anilines is 3. The van der Waals surface area contributed by atoms with E-state index in [1.165, 1.54) is 24.3 Å². The SMILES string of the molecule is O=C(Nc1ccc(Cl)cc1)Nc1ccc(S(=O)(=O)Nc2cccc3ccccc23)cc1. The molecule has 0 saturated heterocycles. The normalized spacial score (nSPS) is 11.1. The van der Waals surface area contributed by atoms with Gasteiger partial charge in [0.25, 0.3) is 10.0 Å². The number of urea groups is 1. The monoisotopic (exact) mass is 451 g/mol. The first kappa shape index (κ1) is 20.7. The van der Waals surface area contributed by atoms with E-state index in [-0.39, 0.29) is 4.90 Å². The van der Waals surface area contributed by atoms with Gasteiger partial charge in [0.1, 0.15) is 0 Å². The summed E-state index contributed by atoms with van der Waals surface area (Å²) in [6, 6.07) is 25.1. The molecule has 0 radical (unpaired) electrons. The van der Waals surface area contributed by atoms with Crippen LogP contribution in [0.4, 0.5) is 21.9 Å². The molecule has 0 bridgehead atoms. The highest BCUT2D eigenvalue weighted by atomic mass is 35.5. The van der Waals surface area contributed by atoms with E-state index in [1.54, 1.807) is 36.4 Å². The van der Waals surface area contributed by atoms with Crippen LogP contribution in [-0.4, -0.2) is 14.4 Å². The van der Waals surface area contributed by atoms with Crippen LogP contribution >= 0.6 is 11.6 Å². The molecule has 2 amide bonds. The van der Waals surface area contributed by atoms with Crippen molar-refractivity contribution in [1.82, 2.24) is 0 Å². The number of hydrogen-bond acceptors (Lipinski definition) is 3. The van der Waals surface area contributed by atoms with Gasteiger partial charge >= 0.3 is 6.03 Å². The molecule has 0 atom stereocenters. The first-order chi connectivity index (χ1) is 14.9. The molecule has 0 saturated carbocycles. The molecule has 0 aromatic heterocycles. The highest BCUT2D eigenvalue weighted by Gasteiger charge is 2.15. The summed E-state index contributed by atoms with van der Waals surface area (Å²) in [5.74, 6) is 0. The maximum Gasteiger partial charge on any atom is 0.323 e. The van der Waals surface area contributed by atoms with Crippen molar-refractivity contribution in [3.63, 3.8) is 0 Å². The molecule has 31 heavy (non-hydrogen) atoms. The lowest BCUT2D eigenvalue weighted by Gasteiger charge is -2.12. The van der Waals surface area contributed by atoms with Gasteiger partial charge in [-0.3, -0.25) is 4.72 Å². The molecule has 3 N–H and O–H groups in total. The number of fused-ring (bicyclic) bond motifs is 1. The van der Waals surface area contributed by atoms with Crippen molar-refractivity contribution in [2.45, 2.75) is 4.90 Å². The number of rotatable bonds is 5. The molecule has 0 aliphatic heterocycles. The van der Waals surface area contributed by atoms with E-state index in [4.69, 9.17) is 11.6 Å². The van der Waals surface area contributed by atoms with E-state index in [0.717, 1.165) is 10.8 Å². The molecule has 8 heteroatoms. The maximum absolute atomic E-state index is 12.8. The third kappa shape index (κ3) is 4.96. The van der Waals surface area contributed by atoms with Gasteiger partial charge in [-0.2, -0.15) is 0 Å². The third-order valence-corrected chi connectivity index (χ3v) is 6.19. The zero-order valence-corrected chi connectivity index (χ0v) is 17.7. The number of sulfonamides is 1. The predicted octanol–water partition coefficient (Wildman–Crippen LogP) is 5.94. The largest absolute Gasteiger partial charge is 0.323 e. The maximum atomic E-state index is 12.8. The smallest absolute Gasteiger partial charge is 0.308 e. The van der Waals surface area contributed by atoms with Crippen LogP contribution in [-0.2, 0) is 10.0 Å². The fourth-order valence-electron chi connectivity index (χ4n) is 3.06. The summed E-state index contributed by atoms with van der Waals surface area (Å²) in [5.41, 5.74) is 1.54. The number of carbonyl (C=O) groups excluding carboxylic acids is 1. The summed E-state index contributed by atoms with van der Waals surface area (Å²) in [6.07, 6.45) is 0. The third-order valence-electron chi connectivity index (χ3n) is 4.56. The van der Waals surface area contributed by atoms with Crippen LogP contribution in [0.15, 0.2) is 95.9 Å². The van der Waals surface area contributed by atoms with Gasteiger partial charge in [-0.05, 0) is 60.0 Å². The van der Waals surface area contributed by atoms with Gasteiger partial charge in [0, 0.05) is 21.8 Å². The van der Waals surface area contributed by atoms with Crippen molar-refractivity contribution < 1.29 is 13.2 Å². The van der Waals surface area contributed by atoms with Gasteiger partial charge < -0.3 is 10.6 Å². The lowest BCUT2D eigenvalue weighted by atomic mass is 10.1. The van der Waals surface area contributed by atoms with Crippen molar-refractivity contribution >= 4 is 55.5 Å². The van der Waals surface area contributed by atoms with E-state index in [0.29, 0.717) is 22.1 Å². The number of benzene rings is 4.